The predicted octanol–water partition coefficient (Wildman–Crippen LogP) is 3.16. The number of carbonyl (C=O) groups is 1. The van der Waals surface area contributed by atoms with Crippen LogP contribution < -0.4 is 25.8 Å². The van der Waals surface area contributed by atoms with E-state index in [-0.39, 0.29) is 5.91 Å². The van der Waals surface area contributed by atoms with Crippen LogP contribution in [0.15, 0.2) is 59.3 Å². The Hall–Kier alpha value is -4.97. The first-order valence-electron chi connectivity index (χ1n) is 13.2. The summed E-state index contributed by atoms with van der Waals surface area (Å²) in [4.78, 5) is 28.4. The normalized spacial score (nSPS) is 13.2. The molecule has 214 valence electrons. The number of methoxy groups -OCH3 is 2. The third-order valence-corrected chi connectivity index (χ3v) is 6.97. The first-order chi connectivity index (χ1) is 19.9. The van der Waals surface area contributed by atoms with E-state index in [1.54, 1.807) is 55.5 Å². The molecule has 0 atom stereocenters. The van der Waals surface area contributed by atoms with Gasteiger partial charge in [-0.15, -0.1) is 0 Å². The van der Waals surface area contributed by atoms with Gasteiger partial charge in [-0.25, -0.2) is 4.98 Å². The summed E-state index contributed by atoms with van der Waals surface area (Å²) in [6, 6.07) is 12.2. The Bertz CT molecular complexity index is 1640. The number of aromatic hydroxyl groups is 1. The van der Waals surface area contributed by atoms with E-state index in [1.165, 1.54) is 6.26 Å². The van der Waals surface area contributed by atoms with Crippen LogP contribution in [0.3, 0.4) is 0 Å². The van der Waals surface area contributed by atoms with Gasteiger partial charge >= 0.3 is 0 Å². The van der Waals surface area contributed by atoms with Gasteiger partial charge in [0.15, 0.2) is 17.3 Å². The SMILES string of the molecule is COc1cc2nc(N3CCN(C(=O)c4ccco4)CC3)nc(N)c2cc1OC.NCCc1c[nH]c2ccc(O)cc12. The van der Waals surface area contributed by atoms with Gasteiger partial charge in [-0.05, 0) is 54.9 Å². The Kier molecular flexibility index (Phi) is 8.11. The summed E-state index contributed by atoms with van der Waals surface area (Å²) in [5.74, 6) is 2.58. The maximum Gasteiger partial charge on any atom is 0.289 e. The van der Waals surface area contributed by atoms with Crippen molar-refractivity contribution in [3.05, 3.63) is 66.2 Å². The number of H-pyrrole nitrogens is 1. The molecular formula is C29H33N7O5. The van der Waals surface area contributed by atoms with E-state index in [4.69, 9.17) is 25.4 Å². The van der Waals surface area contributed by atoms with Gasteiger partial charge in [-0.1, -0.05) is 0 Å². The summed E-state index contributed by atoms with van der Waals surface area (Å²) in [6.07, 6.45) is 4.28. The maximum atomic E-state index is 12.4. The summed E-state index contributed by atoms with van der Waals surface area (Å²) in [6.45, 7) is 2.93. The molecule has 0 bridgehead atoms. The lowest BCUT2D eigenvalue weighted by Gasteiger charge is -2.34. The number of ether oxygens (including phenoxy) is 2. The minimum absolute atomic E-state index is 0.111. The molecule has 6 N–H and O–H groups in total. The van der Waals surface area contributed by atoms with E-state index in [9.17, 15) is 9.90 Å². The largest absolute Gasteiger partial charge is 0.508 e. The number of carbonyl (C=O) groups excluding carboxylic acids is 1. The number of nitrogens with zero attached hydrogens (tertiary/aromatic N) is 4. The minimum atomic E-state index is -0.111. The third-order valence-electron chi connectivity index (χ3n) is 6.97. The van der Waals surface area contributed by atoms with Gasteiger partial charge in [0.2, 0.25) is 5.95 Å². The van der Waals surface area contributed by atoms with E-state index >= 15 is 0 Å². The standard InChI is InChI=1S/C19H21N5O4.C10H12N2O/c1-26-15-10-12-13(11-16(15)27-2)21-19(22-17(12)20)24-7-5-23(6-8-24)18(25)14-4-3-9-28-14;11-4-3-7-6-12-10-2-1-8(13)5-9(7)10/h3-4,9-11H,5-8H2,1-2H3,(H2,20,21,22);1-2,5-6,12-13H,3-4,11H2. The van der Waals surface area contributed by atoms with Crippen molar-refractivity contribution in [2.24, 2.45) is 5.73 Å². The first kappa shape index (κ1) is 27.6. The highest BCUT2D eigenvalue weighted by Crippen LogP contribution is 2.34. The second-order valence-corrected chi connectivity index (χ2v) is 9.47. The molecule has 0 unspecified atom stereocenters. The molecule has 12 heteroatoms. The van der Waals surface area contributed by atoms with Crippen molar-refractivity contribution in [3.63, 3.8) is 0 Å². The molecule has 1 aliphatic rings. The summed E-state index contributed by atoms with van der Waals surface area (Å²) in [5.41, 5.74) is 14.5. The number of piperazine rings is 1. The van der Waals surface area contributed by atoms with Crippen LogP contribution in [0.2, 0.25) is 0 Å². The van der Waals surface area contributed by atoms with Crippen LogP contribution in [-0.2, 0) is 6.42 Å². The number of phenolic OH excluding ortho intramolecular Hbond substituents is 1. The average Bonchev–Trinajstić information content (AvgIpc) is 3.67. The zero-order valence-electron chi connectivity index (χ0n) is 23.0. The highest BCUT2D eigenvalue weighted by atomic mass is 16.5. The Morgan fingerprint density at radius 1 is 1.05 bits per heavy atom. The van der Waals surface area contributed by atoms with E-state index in [1.807, 2.05) is 17.2 Å². The van der Waals surface area contributed by atoms with Gasteiger partial charge in [0.05, 0.1) is 26.0 Å². The number of aromatic amines is 1. The number of nitrogens with two attached hydrogens (primary N) is 2. The summed E-state index contributed by atoms with van der Waals surface area (Å²) >= 11 is 0. The van der Waals surface area contributed by atoms with E-state index in [0.717, 1.165) is 22.9 Å². The molecule has 12 nitrogen and oxygen atoms in total. The van der Waals surface area contributed by atoms with Crippen molar-refractivity contribution in [2.75, 3.05) is 57.6 Å². The fourth-order valence-corrected chi connectivity index (χ4v) is 4.80. The summed E-state index contributed by atoms with van der Waals surface area (Å²) < 4.78 is 15.9. The van der Waals surface area contributed by atoms with Crippen LogP contribution >= 0.6 is 0 Å². The second-order valence-electron chi connectivity index (χ2n) is 9.47. The Morgan fingerprint density at radius 2 is 1.80 bits per heavy atom. The number of nitrogen functional groups attached to an aromatic ring is 1. The average molecular weight is 560 g/mol. The summed E-state index contributed by atoms with van der Waals surface area (Å²) in [7, 11) is 3.14. The number of fused-ring (bicyclic) bond motifs is 2. The Morgan fingerprint density at radius 3 is 2.49 bits per heavy atom. The van der Waals surface area contributed by atoms with E-state index in [2.05, 4.69) is 15.0 Å². The van der Waals surface area contributed by atoms with Crippen molar-refractivity contribution in [3.8, 4) is 17.2 Å². The molecule has 0 saturated carbocycles. The predicted molar refractivity (Wildman–Crippen MR) is 157 cm³/mol. The van der Waals surface area contributed by atoms with Gasteiger partial charge in [0.25, 0.3) is 5.91 Å². The molecule has 0 aliphatic carbocycles. The third kappa shape index (κ3) is 5.82. The van der Waals surface area contributed by atoms with Crippen molar-refractivity contribution in [1.82, 2.24) is 19.9 Å². The van der Waals surface area contributed by atoms with Crippen molar-refractivity contribution in [1.29, 1.82) is 0 Å². The van der Waals surface area contributed by atoms with Crippen LogP contribution in [0.4, 0.5) is 11.8 Å². The van der Waals surface area contributed by atoms with Crippen LogP contribution in [0, 0.1) is 0 Å². The lowest BCUT2D eigenvalue weighted by atomic mass is 10.1. The molecule has 1 aliphatic heterocycles. The van der Waals surface area contributed by atoms with Gasteiger partial charge < -0.3 is 45.2 Å². The molecule has 6 rings (SSSR count). The van der Waals surface area contributed by atoms with E-state index in [0.29, 0.717) is 78.4 Å². The Balaban J connectivity index is 0.000000216. The number of nitrogens with one attached hydrogen (secondary N) is 1. The van der Waals surface area contributed by atoms with Crippen molar-refractivity contribution >= 4 is 39.5 Å². The molecule has 5 aromatic rings. The number of benzene rings is 2. The van der Waals surface area contributed by atoms with Gasteiger partial charge in [-0.2, -0.15) is 4.98 Å². The van der Waals surface area contributed by atoms with Gasteiger partial charge in [-0.3, -0.25) is 4.79 Å². The van der Waals surface area contributed by atoms with Gasteiger partial charge in [0, 0.05) is 54.7 Å². The molecule has 4 heterocycles. The first-order valence-corrected chi connectivity index (χ1v) is 13.2. The molecule has 1 saturated heterocycles. The van der Waals surface area contributed by atoms with Crippen LogP contribution in [0.25, 0.3) is 21.8 Å². The molecule has 41 heavy (non-hydrogen) atoms. The van der Waals surface area contributed by atoms with Crippen molar-refractivity contribution < 1.29 is 23.8 Å². The van der Waals surface area contributed by atoms with Crippen LogP contribution in [0.1, 0.15) is 16.1 Å². The number of rotatable bonds is 6. The smallest absolute Gasteiger partial charge is 0.289 e. The fourth-order valence-electron chi connectivity index (χ4n) is 4.80. The molecule has 1 fully saturated rings. The zero-order valence-corrected chi connectivity index (χ0v) is 23.0. The molecule has 0 radical (unpaired) electrons. The molecule has 3 aromatic heterocycles. The lowest BCUT2D eigenvalue weighted by Crippen LogP contribution is -2.49. The molecular weight excluding hydrogens is 526 g/mol. The van der Waals surface area contributed by atoms with Gasteiger partial charge in [0.1, 0.15) is 11.6 Å². The highest BCUT2D eigenvalue weighted by molar-refractivity contribution is 5.92. The zero-order chi connectivity index (χ0) is 28.9. The number of furan rings is 1. The quantitative estimate of drug-likeness (QED) is 0.242. The number of anilines is 2. The van der Waals surface area contributed by atoms with Crippen molar-refractivity contribution in [2.45, 2.75) is 6.42 Å². The topological polar surface area (TPSA) is 169 Å². The monoisotopic (exact) mass is 559 g/mol. The molecule has 0 spiro atoms. The lowest BCUT2D eigenvalue weighted by molar-refractivity contribution is 0.0714. The minimum Gasteiger partial charge on any atom is -0.508 e. The molecule has 2 aromatic carbocycles. The number of phenols is 1. The second kappa shape index (κ2) is 12.0. The maximum absolute atomic E-state index is 12.4. The number of aromatic nitrogens is 3. The number of amides is 1. The highest BCUT2D eigenvalue weighted by Gasteiger charge is 2.25. The van der Waals surface area contributed by atoms with Crippen LogP contribution in [0.5, 0.6) is 17.2 Å². The fraction of sp³-hybridized carbons (Fsp3) is 0.276. The number of hydrogen-bond acceptors (Lipinski definition) is 10. The molecule has 1 amide bonds. The van der Waals surface area contributed by atoms with Crippen LogP contribution in [-0.4, -0.2) is 77.8 Å². The van der Waals surface area contributed by atoms with E-state index < -0.39 is 0 Å². The summed E-state index contributed by atoms with van der Waals surface area (Å²) in [5, 5.41) is 11.1. The number of hydrogen-bond donors (Lipinski definition) is 4. The Labute approximate surface area is 236 Å².